The molecule has 4 aliphatic rings. The van der Waals surface area contributed by atoms with Crippen LogP contribution in [0.1, 0.15) is 49.7 Å². The molecule has 0 aliphatic heterocycles. The highest BCUT2D eigenvalue weighted by Gasteiger charge is 2.53. The minimum atomic E-state index is -0.711. The Labute approximate surface area is 176 Å². The average molecular weight is 405 g/mol. The summed E-state index contributed by atoms with van der Waals surface area (Å²) in [5.74, 6) is -0.353. The zero-order valence-corrected chi connectivity index (χ0v) is 17.1. The molecule has 5 nitrogen and oxygen atoms in total. The normalized spacial score (nSPS) is 29.2. The van der Waals surface area contributed by atoms with Crippen molar-refractivity contribution < 1.29 is 19.4 Å². The van der Waals surface area contributed by atoms with E-state index in [1.54, 1.807) is 0 Å². The Morgan fingerprint density at radius 1 is 1.07 bits per heavy atom. The summed E-state index contributed by atoms with van der Waals surface area (Å²) in [4.78, 5) is 24.3. The first-order valence-electron chi connectivity index (χ1n) is 10.8. The zero-order valence-electron chi connectivity index (χ0n) is 17.1. The van der Waals surface area contributed by atoms with Crippen molar-refractivity contribution in [1.82, 2.24) is 5.32 Å². The molecule has 3 saturated carbocycles. The van der Waals surface area contributed by atoms with Crippen LogP contribution in [0.3, 0.4) is 0 Å². The number of carboxylic acid groups (broad SMARTS) is 1. The number of carboxylic acids is 1. The first kappa shape index (κ1) is 19.2. The molecule has 2 aromatic carbocycles. The molecule has 0 aromatic heterocycles. The van der Waals surface area contributed by atoms with Crippen LogP contribution in [0.2, 0.25) is 0 Å². The van der Waals surface area contributed by atoms with Gasteiger partial charge in [-0.1, -0.05) is 48.5 Å². The Morgan fingerprint density at radius 3 is 2.27 bits per heavy atom. The monoisotopic (exact) mass is 405 g/mol. The number of hydrogen-bond donors (Lipinski definition) is 2. The van der Waals surface area contributed by atoms with Gasteiger partial charge in [0.25, 0.3) is 0 Å². The second kappa shape index (κ2) is 7.15. The molecule has 0 radical (unpaired) electrons. The third-order valence-corrected chi connectivity index (χ3v) is 7.72. The molecule has 30 heavy (non-hydrogen) atoms. The quantitative estimate of drug-likeness (QED) is 0.766. The molecule has 3 fully saturated rings. The summed E-state index contributed by atoms with van der Waals surface area (Å²) in [5, 5.41) is 12.7. The van der Waals surface area contributed by atoms with Gasteiger partial charge in [-0.25, -0.2) is 4.79 Å². The number of benzene rings is 2. The fourth-order valence-electron chi connectivity index (χ4n) is 6.00. The molecule has 0 spiro atoms. The number of carbonyl (C=O) groups excluding carboxylic acids is 1. The minimum Gasteiger partial charge on any atom is -0.481 e. The van der Waals surface area contributed by atoms with Gasteiger partial charge in [-0.15, -0.1) is 0 Å². The van der Waals surface area contributed by atoms with Gasteiger partial charge < -0.3 is 15.2 Å². The van der Waals surface area contributed by atoms with Crippen LogP contribution >= 0.6 is 0 Å². The van der Waals surface area contributed by atoms with Crippen LogP contribution in [0.4, 0.5) is 4.79 Å². The molecule has 0 heterocycles. The lowest BCUT2D eigenvalue weighted by molar-refractivity contribution is -0.159. The summed E-state index contributed by atoms with van der Waals surface area (Å²) in [6.07, 6.45) is 2.85. The molecular formula is C25H27NO4. The van der Waals surface area contributed by atoms with Crippen molar-refractivity contribution in [3.05, 3.63) is 59.7 Å². The summed E-state index contributed by atoms with van der Waals surface area (Å²) < 4.78 is 5.68. The molecule has 4 unspecified atom stereocenters. The second-order valence-electron chi connectivity index (χ2n) is 9.27. The summed E-state index contributed by atoms with van der Waals surface area (Å²) in [5.41, 5.74) is 4.14. The maximum atomic E-state index is 12.6. The first-order valence-corrected chi connectivity index (χ1v) is 10.8. The highest BCUT2D eigenvalue weighted by Crippen LogP contribution is 2.52. The van der Waals surface area contributed by atoms with Gasteiger partial charge in [0, 0.05) is 12.0 Å². The summed E-state index contributed by atoms with van der Waals surface area (Å²) in [6.45, 7) is 2.16. The molecule has 0 saturated heterocycles. The summed E-state index contributed by atoms with van der Waals surface area (Å²) in [7, 11) is 0. The fraction of sp³-hybridized carbons (Fsp3) is 0.440. The Balaban J connectivity index is 1.24. The summed E-state index contributed by atoms with van der Waals surface area (Å²) >= 11 is 0. The van der Waals surface area contributed by atoms with Gasteiger partial charge >= 0.3 is 12.1 Å². The largest absolute Gasteiger partial charge is 0.481 e. The first-order chi connectivity index (χ1) is 14.5. The third kappa shape index (κ3) is 2.99. The van der Waals surface area contributed by atoms with Crippen LogP contribution in [0.5, 0.6) is 0 Å². The molecule has 2 bridgehead atoms. The number of hydrogen-bond acceptors (Lipinski definition) is 3. The molecule has 156 valence electrons. The van der Waals surface area contributed by atoms with E-state index in [1.165, 1.54) is 22.3 Å². The summed E-state index contributed by atoms with van der Waals surface area (Å²) in [6, 6.07) is 16.6. The lowest BCUT2D eigenvalue weighted by Gasteiger charge is -2.51. The van der Waals surface area contributed by atoms with E-state index in [-0.39, 0.29) is 23.8 Å². The van der Waals surface area contributed by atoms with E-state index in [2.05, 4.69) is 29.6 Å². The predicted molar refractivity (Wildman–Crippen MR) is 113 cm³/mol. The van der Waals surface area contributed by atoms with E-state index in [1.807, 2.05) is 31.2 Å². The Hall–Kier alpha value is -2.82. The number of fused-ring (bicyclic) bond motifs is 6. The number of rotatable bonds is 4. The van der Waals surface area contributed by atoms with Crippen molar-refractivity contribution in [2.75, 3.05) is 6.61 Å². The van der Waals surface area contributed by atoms with E-state index < -0.39 is 17.5 Å². The smallest absolute Gasteiger partial charge is 0.407 e. The highest BCUT2D eigenvalue weighted by molar-refractivity contribution is 5.79. The standard InChI is InChI=1S/C25H27NO4/c1-25(23(27)28)13-15-10-11-16(25)12-22(15)26-24(29)30-14-21-19-8-4-2-6-17(19)18-7-3-5-9-20(18)21/h2-9,15-16,21-22H,10-14H2,1H3,(H,26,29)(H,27,28). The van der Waals surface area contributed by atoms with E-state index in [4.69, 9.17) is 4.74 Å². The average Bonchev–Trinajstić information content (AvgIpc) is 3.07. The van der Waals surface area contributed by atoms with Crippen LogP contribution in [-0.2, 0) is 9.53 Å². The van der Waals surface area contributed by atoms with Crippen LogP contribution in [0.15, 0.2) is 48.5 Å². The number of nitrogens with one attached hydrogen (secondary N) is 1. The number of amides is 1. The molecule has 4 aliphatic carbocycles. The number of carbonyl (C=O) groups is 2. The van der Waals surface area contributed by atoms with Crippen LogP contribution in [-0.4, -0.2) is 29.8 Å². The molecule has 2 N–H and O–H groups in total. The van der Waals surface area contributed by atoms with Crippen LogP contribution in [0, 0.1) is 17.3 Å². The van der Waals surface area contributed by atoms with Gasteiger partial charge in [0.05, 0.1) is 5.41 Å². The van der Waals surface area contributed by atoms with Crippen molar-refractivity contribution >= 4 is 12.1 Å². The zero-order chi connectivity index (χ0) is 20.9. The Bertz CT molecular complexity index is 957. The van der Waals surface area contributed by atoms with E-state index in [0.29, 0.717) is 13.0 Å². The molecule has 5 heteroatoms. The lowest BCUT2D eigenvalue weighted by Crippen LogP contribution is -2.55. The van der Waals surface area contributed by atoms with Gasteiger partial charge in [-0.2, -0.15) is 0 Å². The molecule has 2 aromatic rings. The van der Waals surface area contributed by atoms with Crippen molar-refractivity contribution in [1.29, 1.82) is 0 Å². The van der Waals surface area contributed by atoms with Crippen LogP contribution in [0.25, 0.3) is 11.1 Å². The SMILES string of the molecule is CC1(C(=O)O)CC2CCC1CC2NC(=O)OCC1c2ccccc2-c2ccccc21. The second-order valence-corrected chi connectivity index (χ2v) is 9.27. The highest BCUT2D eigenvalue weighted by atomic mass is 16.5. The van der Waals surface area contributed by atoms with E-state index >= 15 is 0 Å². The van der Waals surface area contributed by atoms with Crippen molar-refractivity contribution in [3.63, 3.8) is 0 Å². The van der Waals surface area contributed by atoms with E-state index in [9.17, 15) is 14.7 Å². The number of alkyl carbamates (subject to hydrolysis) is 1. The maximum absolute atomic E-state index is 12.6. The van der Waals surface area contributed by atoms with Gasteiger partial charge in [-0.3, -0.25) is 4.79 Å². The topological polar surface area (TPSA) is 75.6 Å². The fourth-order valence-corrected chi connectivity index (χ4v) is 6.00. The van der Waals surface area contributed by atoms with Gasteiger partial charge in [0.2, 0.25) is 0 Å². The molecular weight excluding hydrogens is 378 g/mol. The molecule has 4 atom stereocenters. The predicted octanol–water partition coefficient (Wildman–Crippen LogP) is 4.80. The lowest BCUT2D eigenvalue weighted by atomic mass is 9.55. The van der Waals surface area contributed by atoms with E-state index in [0.717, 1.165) is 19.3 Å². The van der Waals surface area contributed by atoms with Gasteiger partial charge in [0.15, 0.2) is 0 Å². The number of aliphatic carboxylic acids is 1. The number of ether oxygens (including phenoxy) is 1. The van der Waals surface area contributed by atoms with Crippen molar-refractivity contribution in [2.24, 2.45) is 17.3 Å². The minimum absolute atomic E-state index is 0.00632. The Morgan fingerprint density at radius 2 is 1.70 bits per heavy atom. The van der Waals surface area contributed by atoms with Gasteiger partial charge in [-0.05, 0) is 66.7 Å². The third-order valence-electron chi connectivity index (χ3n) is 7.72. The van der Waals surface area contributed by atoms with Crippen molar-refractivity contribution in [2.45, 2.75) is 44.6 Å². The maximum Gasteiger partial charge on any atom is 0.407 e. The van der Waals surface area contributed by atoms with Crippen molar-refractivity contribution in [3.8, 4) is 11.1 Å². The van der Waals surface area contributed by atoms with Crippen LogP contribution < -0.4 is 5.32 Å². The Kier molecular flexibility index (Phi) is 4.57. The molecule has 1 amide bonds. The van der Waals surface area contributed by atoms with Gasteiger partial charge in [0.1, 0.15) is 6.61 Å². The molecule has 6 rings (SSSR count).